The second-order valence-electron chi connectivity index (χ2n) is 13.2. The molecule has 0 atom stereocenters. The number of amides is 2. The maximum absolute atomic E-state index is 13.4. The summed E-state index contributed by atoms with van der Waals surface area (Å²) in [6, 6.07) is 39.9. The SMILES string of the molecule is Cc1ccc(N2C(=O)c3c4ccccc4nc4cccc2c34)cc1C.Cc1ccc(N2C(=O)c3c4ccccc4nc4cccc2c34)cc1C. The number of para-hydroxylation sites is 2. The Balaban J connectivity index is 0.000000135. The molecule has 10 rings (SSSR count). The van der Waals surface area contributed by atoms with Crippen molar-refractivity contribution in [3.05, 3.63) is 155 Å². The molecule has 2 aromatic heterocycles. The van der Waals surface area contributed by atoms with Crippen LogP contribution in [0.4, 0.5) is 22.7 Å². The average Bonchev–Trinajstić information content (AvgIpc) is 3.60. The van der Waals surface area contributed by atoms with Crippen LogP contribution in [0.15, 0.2) is 121 Å². The lowest BCUT2D eigenvalue weighted by molar-refractivity contribution is 0.0998. The number of aromatic nitrogens is 2. The van der Waals surface area contributed by atoms with Crippen molar-refractivity contribution in [1.82, 2.24) is 9.97 Å². The summed E-state index contributed by atoms with van der Waals surface area (Å²) in [6.07, 6.45) is 0. The zero-order valence-corrected chi connectivity index (χ0v) is 28.2. The molecule has 0 unspecified atom stereocenters. The number of anilines is 4. The van der Waals surface area contributed by atoms with Crippen LogP contribution in [0.3, 0.4) is 0 Å². The summed E-state index contributed by atoms with van der Waals surface area (Å²) < 4.78 is 0. The van der Waals surface area contributed by atoms with Crippen LogP contribution in [0.1, 0.15) is 43.0 Å². The van der Waals surface area contributed by atoms with Gasteiger partial charge in [-0.25, -0.2) is 9.97 Å². The van der Waals surface area contributed by atoms with Crippen molar-refractivity contribution >= 4 is 78.2 Å². The van der Waals surface area contributed by atoms with Gasteiger partial charge in [0.15, 0.2) is 0 Å². The van der Waals surface area contributed by atoms with Crippen molar-refractivity contribution in [2.24, 2.45) is 0 Å². The van der Waals surface area contributed by atoms with Gasteiger partial charge in [-0.2, -0.15) is 0 Å². The average molecular weight is 649 g/mol. The molecular formula is C44H32N4O2. The Morgan fingerprint density at radius 3 is 1.24 bits per heavy atom. The van der Waals surface area contributed by atoms with Crippen LogP contribution in [0.25, 0.3) is 43.6 Å². The molecule has 0 aliphatic carbocycles. The Labute approximate surface area is 289 Å². The van der Waals surface area contributed by atoms with Crippen molar-refractivity contribution in [3.8, 4) is 0 Å². The summed E-state index contributed by atoms with van der Waals surface area (Å²) in [7, 11) is 0. The molecule has 0 spiro atoms. The van der Waals surface area contributed by atoms with Gasteiger partial charge >= 0.3 is 0 Å². The molecule has 0 bridgehead atoms. The number of carbonyl (C=O) groups is 2. The van der Waals surface area contributed by atoms with Crippen LogP contribution in [-0.4, -0.2) is 21.8 Å². The number of benzene rings is 6. The van der Waals surface area contributed by atoms with Crippen molar-refractivity contribution in [2.75, 3.05) is 9.80 Å². The van der Waals surface area contributed by atoms with Gasteiger partial charge in [-0.1, -0.05) is 60.7 Å². The number of hydrogen-bond donors (Lipinski definition) is 0. The van der Waals surface area contributed by atoms with Gasteiger partial charge in [-0.3, -0.25) is 19.4 Å². The molecule has 0 fully saturated rings. The number of rotatable bonds is 2. The fourth-order valence-electron chi connectivity index (χ4n) is 7.35. The number of aryl methyl sites for hydroxylation is 4. The summed E-state index contributed by atoms with van der Waals surface area (Å²) in [6.45, 7) is 8.31. The maximum Gasteiger partial charge on any atom is 0.264 e. The first kappa shape index (κ1) is 29.7. The van der Waals surface area contributed by atoms with E-state index < -0.39 is 0 Å². The predicted molar refractivity (Wildman–Crippen MR) is 203 cm³/mol. The summed E-state index contributed by atoms with van der Waals surface area (Å²) in [5, 5.41) is 3.73. The smallest absolute Gasteiger partial charge is 0.264 e. The van der Waals surface area contributed by atoms with Crippen LogP contribution < -0.4 is 9.80 Å². The summed E-state index contributed by atoms with van der Waals surface area (Å²) in [4.78, 5) is 39.9. The number of pyridine rings is 2. The van der Waals surface area contributed by atoms with E-state index in [1.165, 1.54) is 22.3 Å². The number of fused-ring (bicyclic) bond motifs is 4. The lowest BCUT2D eigenvalue weighted by atomic mass is 10.0. The number of nitrogens with zero attached hydrogens (tertiary/aromatic N) is 4. The number of carbonyl (C=O) groups excluding carboxylic acids is 2. The zero-order valence-electron chi connectivity index (χ0n) is 28.2. The molecule has 0 saturated heterocycles. The van der Waals surface area contributed by atoms with Crippen LogP contribution >= 0.6 is 0 Å². The van der Waals surface area contributed by atoms with E-state index in [1.807, 2.05) is 107 Å². The molecule has 240 valence electrons. The number of hydrogen-bond acceptors (Lipinski definition) is 4. The summed E-state index contributed by atoms with van der Waals surface area (Å²) >= 11 is 0. The highest BCUT2D eigenvalue weighted by Crippen LogP contribution is 2.45. The van der Waals surface area contributed by atoms with Gasteiger partial charge in [0.1, 0.15) is 0 Å². The monoisotopic (exact) mass is 648 g/mol. The molecule has 0 N–H and O–H groups in total. The van der Waals surface area contributed by atoms with Crippen molar-refractivity contribution in [3.63, 3.8) is 0 Å². The quantitative estimate of drug-likeness (QED) is 0.175. The van der Waals surface area contributed by atoms with Gasteiger partial charge in [-0.15, -0.1) is 0 Å². The highest BCUT2D eigenvalue weighted by molar-refractivity contribution is 6.33. The molecule has 6 nitrogen and oxygen atoms in total. The van der Waals surface area contributed by atoms with Gasteiger partial charge in [0.05, 0.1) is 44.6 Å². The van der Waals surface area contributed by atoms with E-state index in [9.17, 15) is 9.59 Å². The summed E-state index contributed by atoms with van der Waals surface area (Å²) in [5.41, 5.74) is 13.4. The predicted octanol–water partition coefficient (Wildman–Crippen LogP) is 10.6. The topological polar surface area (TPSA) is 66.4 Å². The third kappa shape index (κ3) is 4.35. The highest BCUT2D eigenvalue weighted by atomic mass is 16.2. The molecule has 2 aliphatic heterocycles. The molecular weight excluding hydrogens is 617 g/mol. The van der Waals surface area contributed by atoms with E-state index in [2.05, 4.69) is 52.0 Å². The Hall–Kier alpha value is -6.40. The molecule has 4 heterocycles. The van der Waals surface area contributed by atoms with E-state index in [0.29, 0.717) is 0 Å². The van der Waals surface area contributed by atoms with E-state index >= 15 is 0 Å². The van der Waals surface area contributed by atoms with Crippen molar-refractivity contribution < 1.29 is 9.59 Å². The fraction of sp³-hybridized carbons (Fsp3) is 0.0909. The molecule has 6 aromatic carbocycles. The van der Waals surface area contributed by atoms with Gasteiger partial charge in [0.2, 0.25) is 0 Å². The third-order valence-corrected chi connectivity index (χ3v) is 10.2. The largest absolute Gasteiger partial charge is 0.276 e. The second-order valence-corrected chi connectivity index (χ2v) is 13.2. The molecule has 0 saturated carbocycles. The second kappa shape index (κ2) is 11.1. The van der Waals surface area contributed by atoms with Gasteiger partial charge < -0.3 is 0 Å². The van der Waals surface area contributed by atoms with Crippen LogP contribution in [0.2, 0.25) is 0 Å². The molecule has 6 heteroatoms. The zero-order chi connectivity index (χ0) is 34.3. The minimum Gasteiger partial charge on any atom is -0.276 e. The highest BCUT2D eigenvalue weighted by Gasteiger charge is 2.34. The minimum atomic E-state index is 0.0213. The standard InChI is InChI=1S/2C22H16N2O/c2*1-13-10-11-15(12-14(13)2)24-19-9-5-8-18-21(19)20(22(24)25)16-6-3-4-7-17(16)23-18/h2*3-12H,1-2H3. The fourth-order valence-corrected chi connectivity index (χ4v) is 7.35. The minimum absolute atomic E-state index is 0.0213. The molecule has 2 aliphatic rings. The molecule has 8 aromatic rings. The lowest BCUT2D eigenvalue weighted by Crippen LogP contribution is -2.21. The molecule has 2 amide bonds. The molecule has 0 radical (unpaired) electrons. The van der Waals surface area contributed by atoms with Crippen molar-refractivity contribution in [1.29, 1.82) is 0 Å². The van der Waals surface area contributed by atoms with E-state index in [0.717, 1.165) is 77.5 Å². The Bertz CT molecular complexity index is 2580. The van der Waals surface area contributed by atoms with E-state index in [4.69, 9.17) is 9.97 Å². The van der Waals surface area contributed by atoms with Gasteiger partial charge in [0.25, 0.3) is 11.8 Å². The first-order chi connectivity index (χ1) is 24.3. The first-order valence-electron chi connectivity index (χ1n) is 16.8. The Morgan fingerprint density at radius 2 is 0.820 bits per heavy atom. The third-order valence-electron chi connectivity index (χ3n) is 10.2. The van der Waals surface area contributed by atoms with Crippen LogP contribution in [0.5, 0.6) is 0 Å². The van der Waals surface area contributed by atoms with Gasteiger partial charge in [0, 0.05) is 32.9 Å². The summed E-state index contributed by atoms with van der Waals surface area (Å²) in [5.74, 6) is 0.0427. The maximum atomic E-state index is 13.4. The normalized spacial score (nSPS) is 13.2. The first-order valence-corrected chi connectivity index (χ1v) is 16.8. The van der Waals surface area contributed by atoms with Gasteiger partial charge in [-0.05, 0) is 111 Å². The van der Waals surface area contributed by atoms with E-state index in [-0.39, 0.29) is 11.8 Å². The van der Waals surface area contributed by atoms with E-state index in [1.54, 1.807) is 0 Å². The Morgan fingerprint density at radius 1 is 0.420 bits per heavy atom. The van der Waals surface area contributed by atoms with Crippen LogP contribution in [-0.2, 0) is 0 Å². The Kier molecular flexibility index (Phi) is 6.58. The molecule has 50 heavy (non-hydrogen) atoms. The lowest BCUT2D eigenvalue weighted by Gasteiger charge is -2.19. The van der Waals surface area contributed by atoms with Crippen molar-refractivity contribution in [2.45, 2.75) is 27.7 Å². The van der Waals surface area contributed by atoms with Crippen LogP contribution in [0, 0.1) is 27.7 Å².